The summed E-state index contributed by atoms with van der Waals surface area (Å²) in [7, 11) is -4.12. The average molecular weight is 297 g/mol. The highest BCUT2D eigenvalue weighted by Gasteiger charge is 2.51. The smallest absolute Gasteiger partial charge is 0.402 e. The molecule has 1 aromatic carbocycles. The van der Waals surface area contributed by atoms with Gasteiger partial charge in [0.25, 0.3) is 0 Å². The molecule has 5 nitrogen and oxygen atoms in total. The van der Waals surface area contributed by atoms with E-state index in [4.69, 9.17) is 9.31 Å². The Kier molecular flexibility index (Phi) is 3.99. The van der Waals surface area contributed by atoms with Crippen molar-refractivity contribution in [1.29, 1.82) is 0 Å². The second-order valence-electron chi connectivity index (χ2n) is 5.85. The van der Waals surface area contributed by atoms with Crippen LogP contribution >= 0.6 is 0 Å². The van der Waals surface area contributed by atoms with Gasteiger partial charge in [0.05, 0.1) is 16.1 Å². The molecule has 110 valence electrons. The quantitative estimate of drug-likeness (QED) is 0.857. The summed E-state index contributed by atoms with van der Waals surface area (Å²) in [6.45, 7) is 7.72. The Labute approximate surface area is 120 Å². The SMILES string of the molecule is CC1(C)OB(CNS(=O)(=O)c2ccccc2)OC1(C)C. The molecule has 1 fully saturated rings. The molecule has 0 unspecified atom stereocenters. The zero-order valence-corrected chi connectivity index (χ0v) is 13.0. The van der Waals surface area contributed by atoms with Gasteiger partial charge in [0.1, 0.15) is 0 Å². The molecule has 1 N–H and O–H groups in total. The van der Waals surface area contributed by atoms with E-state index in [9.17, 15) is 8.42 Å². The summed E-state index contributed by atoms with van der Waals surface area (Å²) >= 11 is 0. The van der Waals surface area contributed by atoms with Gasteiger partial charge in [-0.05, 0) is 39.8 Å². The van der Waals surface area contributed by atoms with Crippen LogP contribution in [-0.2, 0) is 19.3 Å². The fourth-order valence-corrected chi connectivity index (χ4v) is 2.95. The fraction of sp³-hybridized carbons (Fsp3) is 0.538. The van der Waals surface area contributed by atoms with E-state index >= 15 is 0 Å². The van der Waals surface area contributed by atoms with E-state index in [0.717, 1.165) is 0 Å². The standard InChI is InChI=1S/C13H20BNO4S/c1-12(2)13(3,4)19-14(18-12)10-15-20(16,17)11-8-6-5-7-9-11/h5-9,15H,10H2,1-4H3. The lowest BCUT2D eigenvalue weighted by Crippen LogP contribution is -2.41. The topological polar surface area (TPSA) is 64.6 Å². The largest absolute Gasteiger partial charge is 0.473 e. The van der Waals surface area contributed by atoms with Crippen LogP contribution in [0, 0.1) is 0 Å². The van der Waals surface area contributed by atoms with Crippen LogP contribution in [0.2, 0.25) is 0 Å². The maximum absolute atomic E-state index is 12.1. The lowest BCUT2D eigenvalue weighted by Gasteiger charge is -2.32. The van der Waals surface area contributed by atoms with E-state index < -0.39 is 28.3 Å². The third-order valence-electron chi connectivity index (χ3n) is 3.80. The van der Waals surface area contributed by atoms with Crippen molar-refractivity contribution in [2.45, 2.75) is 43.8 Å². The highest BCUT2D eigenvalue weighted by Crippen LogP contribution is 2.36. The molecular formula is C13H20BNO4S. The van der Waals surface area contributed by atoms with Gasteiger partial charge in [0, 0.05) is 6.44 Å². The number of sulfonamides is 1. The zero-order chi connectivity index (χ0) is 15.0. The normalized spacial score (nSPS) is 21.1. The van der Waals surface area contributed by atoms with Gasteiger partial charge in [-0.3, -0.25) is 0 Å². The van der Waals surface area contributed by atoms with E-state index in [0.29, 0.717) is 0 Å². The Balaban J connectivity index is 2.01. The van der Waals surface area contributed by atoms with Gasteiger partial charge >= 0.3 is 7.12 Å². The summed E-state index contributed by atoms with van der Waals surface area (Å²) in [5.74, 6) is 0. The van der Waals surface area contributed by atoms with Crippen molar-refractivity contribution in [3.05, 3.63) is 30.3 Å². The summed E-state index contributed by atoms with van der Waals surface area (Å²) in [6.07, 6.45) is 0.0874. The molecule has 1 heterocycles. The molecule has 2 rings (SSSR count). The molecule has 1 aliphatic heterocycles. The van der Waals surface area contributed by atoms with Crippen LogP contribution < -0.4 is 4.72 Å². The van der Waals surface area contributed by atoms with Gasteiger partial charge in [-0.1, -0.05) is 18.2 Å². The highest BCUT2D eigenvalue weighted by atomic mass is 32.2. The number of benzene rings is 1. The molecule has 0 aromatic heterocycles. The molecule has 0 aliphatic carbocycles. The number of hydrogen-bond acceptors (Lipinski definition) is 4. The minimum atomic E-state index is -3.53. The van der Waals surface area contributed by atoms with E-state index in [-0.39, 0.29) is 11.3 Å². The first kappa shape index (κ1) is 15.5. The first-order valence-electron chi connectivity index (χ1n) is 6.54. The predicted octanol–water partition coefficient (Wildman–Crippen LogP) is 1.60. The third kappa shape index (κ3) is 3.06. The molecule has 0 spiro atoms. The Hall–Kier alpha value is -0.885. The monoisotopic (exact) mass is 297 g/mol. The molecule has 0 radical (unpaired) electrons. The zero-order valence-electron chi connectivity index (χ0n) is 12.2. The maximum Gasteiger partial charge on any atom is 0.473 e. The Morgan fingerprint density at radius 1 is 1.05 bits per heavy atom. The van der Waals surface area contributed by atoms with Gasteiger partial charge in [-0.2, -0.15) is 0 Å². The summed E-state index contributed by atoms with van der Waals surface area (Å²) in [6, 6.07) is 8.24. The van der Waals surface area contributed by atoms with Gasteiger partial charge in [-0.25, -0.2) is 13.1 Å². The van der Waals surface area contributed by atoms with E-state index in [1.165, 1.54) is 0 Å². The molecule has 0 atom stereocenters. The molecule has 0 saturated carbocycles. The van der Waals surface area contributed by atoms with Gasteiger partial charge in [0.15, 0.2) is 0 Å². The van der Waals surface area contributed by atoms with Crippen molar-refractivity contribution in [1.82, 2.24) is 4.72 Å². The summed E-state index contributed by atoms with van der Waals surface area (Å²) in [5.41, 5.74) is -0.925. The van der Waals surface area contributed by atoms with Crippen LogP contribution in [-0.4, -0.2) is 33.2 Å². The summed E-state index contributed by atoms with van der Waals surface area (Å²) in [4.78, 5) is 0.233. The van der Waals surface area contributed by atoms with Crippen LogP contribution in [0.4, 0.5) is 0 Å². The Bertz CT molecular complexity index is 555. The average Bonchev–Trinajstić information content (AvgIpc) is 2.57. The van der Waals surface area contributed by atoms with Gasteiger partial charge in [0.2, 0.25) is 10.0 Å². The van der Waals surface area contributed by atoms with E-state index in [2.05, 4.69) is 4.72 Å². The third-order valence-corrected chi connectivity index (χ3v) is 5.24. The van der Waals surface area contributed by atoms with Crippen LogP contribution in [0.3, 0.4) is 0 Å². The minimum absolute atomic E-state index is 0.0874. The van der Waals surface area contributed by atoms with Crippen LogP contribution in [0.5, 0.6) is 0 Å². The summed E-state index contributed by atoms with van der Waals surface area (Å²) in [5, 5.41) is 0. The Morgan fingerprint density at radius 2 is 1.55 bits per heavy atom. The van der Waals surface area contributed by atoms with Crippen molar-refractivity contribution in [3.63, 3.8) is 0 Å². The molecule has 1 aliphatic rings. The lowest BCUT2D eigenvalue weighted by atomic mass is 9.90. The maximum atomic E-state index is 12.1. The Morgan fingerprint density at radius 3 is 2.05 bits per heavy atom. The first-order valence-corrected chi connectivity index (χ1v) is 8.03. The molecule has 1 aromatic rings. The van der Waals surface area contributed by atoms with Crippen molar-refractivity contribution >= 4 is 17.1 Å². The number of hydrogen-bond donors (Lipinski definition) is 1. The summed E-state index contributed by atoms with van der Waals surface area (Å²) < 4.78 is 38.2. The lowest BCUT2D eigenvalue weighted by molar-refractivity contribution is 0.00578. The molecule has 20 heavy (non-hydrogen) atoms. The first-order chi connectivity index (χ1) is 9.14. The second kappa shape index (κ2) is 5.14. The molecule has 1 saturated heterocycles. The van der Waals surface area contributed by atoms with E-state index in [1.54, 1.807) is 30.3 Å². The number of nitrogens with one attached hydrogen (secondary N) is 1. The molecule has 0 amide bonds. The van der Waals surface area contributed by atoms with Crippen molar-refractivity contribution < 1.29 is 17.7 Å². The van der Waals surface area contributed by atoms with Crippen molar-refractivity contribution in [2.75, 3.05) is 6.44 Å². The van der Waals surface area contributed by atoms with Gasteiger partial charge in [-0.15, -0.1) is 0 Å². The van der Waals surface area contributed by atoms with Crippen LogP contribution in [0.1, 0.15) is 27.7 Å². The number of rotatable bonds is 4. The second-order valence-corrected chi connectivity index (χ2v) is 7.62. The van der Waals surface area contributed by atoms with E-state index in [1.807, 2.05) is 27.7 Å². The van der Waals surface area contributed by atoms with Crippen LogP contribution in [0.25, 0.3) is 0 Å². The fourth-order valence-electron chi connectivity index (χ4n) is 1.91. The van der Waals surface area contributed by atoms with Crippen molar-refractivity contribution in [3.8, 4) is 0 Å². The van der Waals surface area contributed by atoms with Crippen molar-refractivity contribution in [2.24, 2.45) is 0 Å². The molecule has 0 bridgehead atoms. The van der Waals surface area contributed by atoms with Gasteiger partial charge < -0.3 is 9.31 Å². The highest BCUT2D eigenvalue weighted by molar-refractivity contribution is 7.89. The molecule has 7 heteroatoms. The molecular weight excluding hydrogens is 277 g/mol. The minimum Gasteiger partial charge on any atom is -0.402 e. The van der Waals surface area contributed by atoms with Crippen LogP contribution in [0.15, 0.2) is 35.2 Å². The predicted molar refractivity (Wildman–Crippen MR) is 77.7 cm³/mol.